The van der Waals surface area contributed by atoms with Gasteiger partial charge >= 0.3 is 0 Å². The van der Waals surface area contributed by atoms with Crippen LogP contribution in [0, 0.1) is 5.41 Å². The summed E-state index contributed by atoms with van der Waals surface area (Å²) in [5, 5.41) is 6.83. The normalized spacial score (nSPS) is 11.5. The van der Waals surface area contributed by atoms with Crippen LogP contribution in [0.25, 0.3) is 0 Å². The average molecular weight is 255 g/mol. The van der Waals surface area contributed by atoms with Crippen LogP contribution in [0.15, 0.2) is 24.3 Å². The van der Waals surface area contributed by atoms with Crippen molar-refractivity contribution >= 4 is 21.5 Å². The minimum absolute atomic E-state index is 0.0813. The third kappa shape index (κ3) is 2.76. The highest BCUT2D eigenvalue weighted by molar-refractivity contribution is 7.93. The summed E-state index contributed by atoms with van der Waals surface area (Å²) in [4.78, 5) is 0. The maximum Gasteiger partial charge on any atom is 0.237 e. The van der Waals surface area contributed by atoms with E-state index in [0.29, 0.717) is 11.3 Å². The topological polar surface area (TPSA) is 87.2 Å². The number of benzene rings is 1. The van der Waals surface area contributed by atoms with Crippen molar-refractivity contribution in [3.05, 3.63) is 29.8 Å². The molecular formula is C11H17N3O2S. The SMILES string of the molecule is CC(C)S(=O)(=O)N(C)c1cccc(C(=N)N)c1. The summed E-state index contributed by atoms with van der Waals surface area (Å²) in [5.74, 6) is -0.0813. The molecule has 17 heavy (non-hydrogen) atoms. The summed E-state index contributed by atoms with van der Waals surface area (Å²) in [6, 6.07) is 6.61. The van der Waals surface area contributed by atoms with E-state index in [1.807, 2.05) is 0 Å². The van der Waals surface area contributed by atoms with Crippen LogP contribution in [0.1, 0.15) is 19.4 Å². The molecule has 0 saturated carbocycles. The van der Waals surface area contributed by atoms with Crippen molar-refractivity contribution in [1.82, 2.24) is 0 Å². The molecule has 0 spiro atoms. The molecule has 0 aliphatic carbocycles. The summed E-state index contributed by atoms with van der Waals surface area (Å²) in [6.45, 7) is 3.25. The van der Waals surface area contributed by atoms with Crippen LogP contribution >= 0.6 is 0 Å². The predicted molar refractivity (Wildman–Crippen MR) is 69.9 cm³/mol. The Morgan fingerprint density at radius 3 is 2.47 bits per heavy atom. The molecule has 1 rings (SSSR count). The Labute approximate surface area is 102 Å². The lowest BCUT2D eigenvalue weighted by molar-refractivity contribution is 0.585. The summed E-state index contributed by atoms with van der Waals surface area (Å²) in [7, 11) is -1.86. The average Bonchev–Trinajstić information content (AvgIpc) is 2.27. The van der Waals surface area contributed by atoms with Crippen molar-refractivity contribution in [2.24, 2.45) is 5.73 Å². The molecule has 0 aromatic heterocycles. The number of nitrogens with one attached hydrogen (secondary N) is 1. The van der Waals surface area contributed by atoms with E-state index in [4.69, 9.17) is 11.1 Å². The zero-order valence-corrected chi connectivity index (χ0v) is 11.0. The molecule has 1 aromatic carbocycles. The zero-order valence-electron chi connectivity index (χ0n) is 10.1. The molecule has 6 heteroatoms. The number of nitrogen functional groups attached to an aromatic ring is 1. The first-order chi connectivity index (χ1) is 7.76. The van der Waals surface area contributed by atoms with E-state index in [1.165, 1.54) is 11.4 Å². The Morgan fingerprint density at radius 1 is 1.41 bits per heavy atom. The summed E-state index contributed by atoms with van der Waals surface area (Å²) >= 11 is 0. The van der Waals surface area contributed by atoms with Gasteiger partial charge in [0.15, 0.2) is 0 Å². The third-order valence-electron chi connectivity index (χ3n) is 2.50. The van der Waals surface area contributed by atoms with Crippen LogP contribution in [0.5, 0.6) is 0 Å². The van der Waals surface area contributed by atoms with Gasteiger partial charge in [0.2, 0.25) is 10.0 Å². The van der Waals surface area contributed by atoms with E-state index in [2.05, 4.69) is 0 Å². The first-order valence-corrected chi connectivity index (χ1v) is 6.69. The van der Waals surface area contributed by atoms with Crippen molar-refractivity contribution in [3.63, 3.8) is 0 Å². The Morgan fingerprint density at radius 2 is 2.00 bits per heavy atom. The number of hydrogen-bond donors (Lipinski definition) is 2. The lowest BCUT2D eigenvalue weighted by Gasteiger charge is -2.22. The maximum atomic E-state index is 12.0. The monoisotopic (exact) mass is 255 g/mol. The number of hydrogen-bond acceptors (Lipinski definition) is 3. The van der Waals surface area contributed by atoms with Crippen molar-refractivity contribution < 1.29 is 8.42 Å². The number of amidine groups is 1. The number of sulfonamides is 1. The van der Waals surface area contributed by atoms with E-state index in [-0.39, 0.29) is 5.84 Å². The molecule has 5 nitrogen and oxygen atoms in total. The van der Waals surface area contributed by atoms with Gasteiger partial charge in [0.1, 0.15) is 5.84 Å². The fourth-order valence-corrected chi connectivity index (χ4v) is 2.37. The molecule has 0 heterocycles. The summed E-state index contributed by atoms with van der Waals surface area (Å²) in [5.41, 5.74) is 6.38. The Bertz CT molecular complexity index is 523. The maximum absolute atomic E-state index is 12.0. The fraction of sp³-hybridized carbons (Fsp3) is 0.364. The van der Waals surface area contributed by atoms with Gasteiger partial charge < -0.3 is 5.73 Å². The lowest BCUT2D eigenvalue weighted by atomic mass is 10.2. The summed E-state index contributed by atoms with van der Waals surface area (Å²) < 4.78 is 25.1. The van der Waals surface area contributed by atoms with Gasteiger partial charge in [-0.3, -0.25) is 9.71 Å². The Kier molecular flexibility index (Phi) is 3.77. The number of rotatable bonds is 4. The van der Waals surface area contributed by atoms with Gasteiger partial charge in [-0.2, -0.15) is 0 Å². The van der Waals surface area contributed by atoms with Crippen molar-refractivity contribution in [2.75, 3.05) is 11.4 Å². The van der Waals surface area contributed by atoms with E-state index in [1.54, 1.807) is 38.1 Å². The van der Waals surface area contributed by atoms with E-state index in [0.717, 1.165) is 0 Å². The number of nitrogens with zero attached hydrogens (tertiary/aromatic N) is 1. The number of nitrogens with two attached hydrogens (primary N) is 1. The van der Waals surface area contributed by atoms with Crippen LogP contribution in [-0.4, -0.2) is 26.6 Å². The van der Waals surface area contributed by atoms with Gasteiger partial charge in [-0.1, -0.05) is 12.1 Å². The van der Waals surface area contributed by atoms with E-state index in [9.17, 15) is 8.42 Å². The molecule has 1 aromatic rings. The minimum Gasteiger partial charge on any atom is -0.384 e. The van der Waals surface area contributed by atoms with Crippen molar-refractivity contribution in [2.45, 2.75) is 19.1 Å². The zero-order chi connectivity index (χ0) is 13.2. The number of anilines is 1. The van der Waals surface area contributed by atoms with Gasteiger partial charge in [-0.05, 0) is 26.0 Å². The quantitative estimate of drug-likeness (QED) is 0.625. The standard InChI is InChI=1S/C11H17N3O2S/c1-8(2)17(15,16)14(3)10-6-4-5-9(7-10)11(12)13/h4-8H,1-3H3,(H3,12,13). The lowest BCUT2D eigenvalue weighted by Crippen LogP contribution is -2.33. The molecule has 0 bridgehead atoms. The predicted octanol–water partition coefficient (Wildman–Crippen LogP) is 1.15. The first-order valence-electron chi connectivity index (χ1n) is 5.19. The largest absolute Gasteiger partial charge is 0.384 e. The molecule has 0 atom stereocenters. The molecule has 0 unspecified atom stereocenters. The van der Waals surface area contributed by atoms with Gasteiger partial charge in [0, 0.05) is 12.6 Å². The van der Waals surface area contributed by atoms with E-state index >= 15 is 0 Å². The fourth-order valence-electron chi connectivity index (χ4n) is 1.33. The summed E-state index contributed by atoms with van der Waals surface area (Å²) in [6.07, 6.45) is 0. The van der Waals surface area contributed by atoms with Crippen molar-refractivity contribution in [3.8, 4) is 0 Å². The highest BCUT2D eigenvalue weighted by Gasteiger charge is 2.22. The molecule has 0 aliphatic rings. The molecule has 94 valence electrons. The smallest absolute Gasteiger partial charge is 0.237 e. The Hall–Kier alpha value is -1.56. The van der Waals surface area contributed by atoms with Gasteiger partial charge in [-0.15, -0.1) is 0 Å². The van der Waals surface area contributed by atoms with Gasteiger partial charge in [0.05, 0.1) is 10.9 Å². The Balaban J connectivity index is 3.18. The van der Waals surface area contributed by atoms with Crippen LogP contribution in [-0.2, 0) is 10.0 Å². The van der Waals surface area contributed by atoms with Gasteiger partial charge in [-0.25, -0.2) is 8.42 Å². The first kappa shape index (κ1) is 13.5. The second-order valence-electron chi connectivity index (χ2n) is 4.03. The molecule has 0 amide bonds. The molecule has 0 fully saturated rings. The molecule has 0 radical (unpaired) electrons. The van der Waals surface area contributed by atoms with Crippen LogP contribution in [0.3, 0.4) is 0 Å². The molecule has 0 aliphatic heterocycles. The van der Waals surface area contributed by atoms with Crippen LogP contribution in [0.2, 0.25) is 0 Å². The second-order valence-corrected chi connectivity index (χ2v) is 6.55. The van der Waals surface area contributed by atoms with Crippen LogP contribution in [0.4, 0.5) is 5.69 Å². The highest BCUT2D eigenvalue weighted by Crippen LogP contribution is 2.19. The second kappa shape index (κ2) is 4.75. The molecule has 3 N–H and O–H groups in total. The minimum atomic E-state index is -3.35. The van der Waals surface area contributed by atoms with Crippen LogP contribution < -0.4 is 10.0 Å². The van der Waals surface area contributed by atoms with Crippen molar-refractivity contribution in [1.29, 1.82) is 5.41 Å². The van der Waals surface area contributed by atoms with E-state index < -0.39 is 15.3 Å². The third-order valence-corrected chi connectivity index (χ3v) is 4.66. The molecular weight excluding hydrogens is 238 g/mol. The molecule has 0 saturated heterocycles. The highest BCUT2D eigenvalue weighted by atomic mass is 32.2. The van der Waals surface area contributed by atoms with Gasteiger partial charge in [0.25, 0.3) is 0 Å².